The SMILES string of the molecule is CN(C(=O)c1ccc[nH]1)c1ccc2c(-c3ccc(NC(=O)c4ccc(N5CCC(O)CC5)cc4)cc3)c[nH]c2c1. The fourth-order valence-corrected chi connectivity index (χ4v) is 5.21. The Kier molecular flexibility index (Phi) is 6.84. The van der Waals surface area contributed by atoms with Gasteiger partial charge in [0.15, 0.2) is 0 Å². The summed E-state index contributed by atoms with van der Waals surface area (Å²) in [6, 6.07) is 24.9. The number of aliphatic hydroxyl groups excluding tert-OH is 1. The van der Waals surface area contributed by atoms with Crippen LogP contribution in [-0.4, -0.2) is 53.1 Å². The minimum Gasteiger partial charge on any atom is -0.393 e. The van der Waals surface area contributed by atoms with Crippen LogP contribution in [0.5, 0.6) is 0 Å². The fraction of sp³-hybridized carbons (Fsp3) is 0.188. The zero-order valence-electron chi connectivity index (χ0n) is 22.2. The number of aromatic amines is 2. The van der Waals surface area contributed by atoms with E-state index in [0.717, 1.165) is 65.0 Å². The molecular formula is C32H31N5O3. The molecule has 0 spiro atoms. The van der Waals surface area contributed by atoms with E-state index in [1.165, 1.54) is 0 Å². The maximum atomic E-state index is 12.9. The van der Waals surface area contributed by atoms with Crippen molar-refractivity contribution in [2.24, 2.45) is 0 Å². The molecule has 6 rings (SSSR count). The Labute approximate surface area is 232 Å². The van der Waals surface area contributed by atoms with Crippen molar-refractivity contribution < 1.29 is 14.7 Å². The number of H-pyrrole nitrogens is 2. The summed E-state index contributed by atoms with van der Waals surface area (Å²) in [4.78, 5) is 35.7. The van der Waals surface area contributed by atoms with Gasteiger partial charge in [-0.05, 0) is 79.1 Å². The lowest BCUT2D eigenvalue weighted by molar-refractivity contribution is 0.0987. The van der Waals surface area contributed by atoms with Gasteiger partial charge in [-0.15, -0.1) is 0 Å². The van der Waals surface area contributed by atoms with Gasteiger partial charge in [-0.1, -0.05) is 18.2 Å². The quantitative estimate of drug-likeness (QED) is 0.226. The Morgan fingerprint density at radius 3 is 2.40 bits per heavy atom. The molecule has 1 saturated heterocycles. The number of aliphatic hydroxyl groups is 1. The monoisotopic (exact) mass is 533 g/mol. The van der Waals surface area contributed by atoms with Gasteiger partial charge < -0.3 is 30.2 Å². The molecule has 1 fully saturated rings. The van der Waals surface area contributed by atoms with E-state index in [1.54, 1.807) is 30.3 Å². The van der Waals surface area contributed by atoms with E-state index in [2.05, 4.69) is 20.2 Å². The summed E-state index contributed by atoms with van der Waals surface area (Å²) in [7, 11) is 1.76. The van der Waals surface area contributed by atoms with Crippen molar-refractivity contribution in [1.82, 2.24) is 9.97 Å². The zero-order chi connectivity index (χ0) is 27.6. The Bertz CT molecular complexity index is 1630. The lowest BCUT2D eigenvalue weighted by Crippen LogP contribution is -2.35. The third-order valence-electron chi connectivity index (χ3n) is 7.60. The molecule has 0 aliphatic carbocycles. The van der Waals surface area contributed by atoms with E-state index in [-0.39, 0.29) is 17.9 Å². The van der Waals surface area contributed by atoms with E-state index in [1.807, 2.05) is 72.9 Å². The van der Waals surface area contributed by atoms with Crippen LogP contribution in [-0.2, 0) is 0 Å². The molecule has 4 N–H and O–H groups in total. The van der Waals surface area contributed by atoms with Crippen molar-refractivity contribution in [3.05, 3.63) is 103 Å². The molecule has 40 heavy (non-hydrogen) atoms. The molecule has 1 aliphatic rings. The normalized spacial score (nSPS) is 13.9. The minimum atomic E-state index is -0.212. The molecule has 0 saturated carbocycles. The highest BCUT2D eigenvalue weighted by molar-refractivity contribution is 6.07. The second-order valence-corrected chi connectivity index (χ2v) is 10.2. The van der Waals surface area contributed by atoms with E-state index >= 15 is 0 Å². The van der Waals surface area contributed by atoms with Gasteiger partial charge in [0.05, 0.1) is 6.10 Å². The van der Waals surface area contributed by atoms with Crippen molar-refractivity contribution in [3.63, 3.8) is 0 Å². The summed E-state index contributed by atoms with van der Waals surface area (Å²) in [5.74, 6) is -0.265. The van der Waals surface area contributed by atoms with E-state index in [9.17, 15) is 14.7 Å². The van der Waals surface area contributed by atoms with Crippen molar-refractivity contribution in [1.29, 1.82) is 0 Å². The van der Waals surface area contributed by atoms with Crippen molar-refractivity contribution in [2.75, 3.05) is 35.3 Å². The van der Waals surface area contributed by atoms with Gasteiger partial charge in [0, 0.05) is 71.6 Å². The Hall–Kier alpha value is -4.82. The molecule has 0 bridgehead atoms. The van der Waals surface area contributed by atoms with E-state index in [0.29, 0.717) is 11.3 Å². The summed E-state index contributed by atoms with van der Waals surface area (Å²) < 4.78 is 0. The number of carbonyl (C=O) groups is 2. The van der Waals surface area contributed by atoms with E-state index < -0.39 is 0 Å². The average molecular weight is 534 g/mol. The Morgan fingerprint density at radius 1 is 0.950 bits per heavy atom. The van der Waals surface area contributed by atoms with Gasteiger partial charge >= 0.3 is 0 Å². The van der Waals surface area contributed by atoms with Gasteiger partial charge in [-0.3, -0.25) is 9.59 Å². The van der Waals surface area contributed by atoms with Crippen LogP contribution in [0, 0.1) is 0 Å². The lowest BCUT2D eigenvalue weighted by Gasteiger charge is -2.31. The minimum absolute atomic E-state index is 0.104. The number of benzene rings is 3. The molecule has 3 aromatic carbocycles. The molecule has 2 amide bonds. The highest BCUT2D eigenvalue weighted by atomic mass is 16.3. The maximum absolute atomic E-state index is 12.9. The van der Waals surface area contributed by atoms with Crippen LogP contribution in [0.4, 0.5) is 17.1 Å². The predicted octanol–water partition coefficient (Wildman–Crippen LogP) is 5.65. The van der Waals surface area contributed by atoms with E-state index in [4.69, 9.17) is 0 Å². The molecule has 1 aliphatic heterocycles. The van der Waals surface area contributed by atoms with Crippen LogP contribution in [0.1, 0.15) is 33.7 Å². The lowest BCUT2D eigenvalue weighted by atomic mass is 10.0. The first kappa shape index (κ1) is 25.5. The van der Waals surface area contributed by atoms with Crippen LogP contribution in [0.3, 0.4) is 0 Å². The molecule has 0 atom stereocenters. The third kappa shape index (κ3) is 5.09. The van der Waals surface area contributed by atoms with Crippen molar-refractivity contribution in [2.45, 2.75) is 18.9 Å². The molecule has 0 radical (unpaired) electrons. The molecule has 8 heteroatoms. The number of aromatic nitrogens is 2. The Balaban J connectivity index is 1.12. The molecule has 8 nitrogen and oxygen atoms in total. The van der Waals surface area contributed by atoms with Gasteiger partial charge in [0.25, 0.3) is 11.8 Å². The summed E-state index contributed by atoms with van der Waals surface area (Å²) in [5.41, 5.74) is 6.70. The smallest absolute Gasteiger partial charge is 0.274 e. The second-order valence-electron chi connectivity index (χ2n) is 10.2. The van der Waals surface area contributed by atoms with Crippen LogP contribution < -0.4 is 15.1 Å². The maximum Gasteiger partial charge on any atom is 0.274 e. The molecule has 202 valence electrons. The summed E-state index contributed by atoms with van der Waals surface area (Å²) in [6.07, 6.45) is 5.02. The number of fused-ring (bicyclic) bond motifs is 1. The summed E-state index contributed by atoms with van der Waals surface area (Å²) >= 11 is 0. The van der Waals surface area contributed by atoms with Crippen molar-refractivity contribution in [3.8, 4) is 11.1 Å². The van der Waals surface area contributed by atoms with Crippen LogP contribution in [0.25, 0.3) is 22.0 Å². The van der Waals surface area contributed by atoms with Crippen molar-refractivity contribution >= 4 is 39.8 Å². The molecule has 3 heterocycles. The standard InChI is InChI=1S/C32H31N5O3/c1-36(32(40)29-3-2-16-33-29)25-12-13-27-28(20-34-30(27)19-25)21-4-8-23(9-5-21)35-31(39)22-6-10-24(11-7-22)37-17-14-26(38)15-18-37/h2-13,16,19-20,26,33-34,38H,14-15,17-18H2,1H3,(H,35,39). The number of hydrogen-bond acceptors (Lipinski definition) is 4. The average Bonchev–Trinajstić information content (AvgIpc) is 3.68. The first-order valence-electron chi connectivity index (χ1n) is 13.4. The third-order valence-corrected chi connectivity index (χ3v) is 7.60. The Morgan fingerprint density at radius 2 is 1.70 bits per heavy atom. The van der Waals surface area contributed by atoms with Crippen LogP contribution in [0.2, 0.25) is 0 Å². The topological polar surface area (TPSA) is 104 Å². The van der Waals surface area contributed by atoms with Gasteiger partial charge in [0.1, 0.15) is 5.69 Å². The molecule has 5 aromatic rings. The number of piperidine rings is 1. The number of nitrogens with zero attached hydrogens (tertiary/aromatic N) is 2. The number of amides is 2. The highest BCUT2D eigenvalue weighted by Gasteiger charge is 2.18. The highest BCUT2D eigenvalue weighted by Crippen LogP contribution is 2.32. The molecule has 0 unspecified atom stereocenters. The van der Waals surface area contributed by atoms with Crippen LogP contribution >= 0.6 is 0 Å². The number of carbonyl (C=O) groups excluding carboxylic acids is 2. The molecule has 2 aromatic heterocycles. The number of rotatable bonds is 6. The zero-order valence-corrected chi connectivity index (χ0v) is 22.2. The van der Waals surface area contributed by atoms with Gasteiger partial charge in [-0.2, -0.15) is 0 Å². The van der Waals surface area contributed by atoms with Gasteiger partial charge in [-0.25, -0.2) is 0 Å². The largest absolute Gasteiger partial charge is 0.393 e. The number of anilines is 3. The number of hydrogen-bond donors (Lipinski definition) is 4. The number of nitrogens with one attached hydrogen (secondary N) is 3. The van der Waals surface area contributed by atoms with Crippen LogP contribution in [0.15, 0.2) is 91.3 Å². The second kappa shape index (κ2) is 10.7. The van der Waals surface area contributed by atoms with Gasteiger partial charge in [0.2, 0.25) is 0 Å². The predicted molar refractivity (Wildman–Crippen MR) is 159 cm³/mol. The summed E-state index contributed by atoms with van der Waals surface area (Å²) in [6.45, 7) is 1.64. The fourth-order valence-electron chi connectivity index (χ4n) is 5.21. The molecular weight excluding hydrogens is 502 g/mol. The first-order valence-corrected chi connectivity index (χ1v) is 13.4. The summed E-state index contributed by atoms with van der Waals surface area (Å²) in [5, 5.41) is 13.8. The first-order chi connectivity index (χ1) is 19.5.